The van der Waals surface area contributed by atoms with Crippen LogP contribution in [0.4, 0.5) is 0 Å². The largest absolute Gasteiger partial charge is 0.389 e. The highest BCUT2D eigenvalue weighted by atomic mass is 16.3. The predicted octanol–water partition coefficient (Wildman–Crippen LogP) is 3.88. The normalized spacial score (nSPS) is 48.0. The van der Waals surface area contributed by atoms with Crippen molar-refractivity contribution in [1.82, 2.24) is 0 Å². The van der Waals surface area contributed by atoms with Crippen molar-refractivity contribution in [3.63, 3.8) is 0 Å². The van der Waals surface area contributed by atoms with Gasteiger partial charge in [0.2, 0.25) is 0 Å². The van der Waals surface area contributed by atoms with Crippen LogP contribution >= 0.6 is 0 Å². The Morgan fingerprint density at radius 3 is 2.50 bits per heavy atom. The van der Waals surface area contributed by atoms with Gasteiger partial charge in [-0.1, -0.05) is 32.4 Å². The minimum atomic E-state index is -0.625. The number of allylic oxidation sites excluding steroid dienone is 1. The maximum atomic E-state index is 12.5. The maximum absolute atomic E-state index is 12.5. The summed E-state index contributed by atoms with van der Waals surface area (Å²) in [5.74, 6) is 0.822. The van der Waals surface area contributed by atoms with E-state index in [4.69, 9.17) is 0 Å². The summed E-state index contributed by atoms with van der Waals surface area (Å²) in [6, 6.07) is 0. The number of aliphatic hydroxyl groups is 1. The Balaban J connectivity index is 2.12. The summed E-state index contributed by atoms with van der Waals surface area (Å²) in [6.45, 7) is 8.71. The van der Waals surface area contributed by atoms with E-state index in [-0.39, 0.29) is 22.7 Å². The Morgan fingerprint density at radius 2 is 1.85 bits per heavy atom. The number of carbonyl (C=O) groups excluding carboxylic acids is 1. The number of carbonyl (C=O) groups is 1. The van der Waals surface area contributed by atoms with Crippen LogP contribution < -0.4 is 0 Å². The SMILES string of the molecule is CC(C)C1(O)CC[C@]2(C)CC[C@@]3(C)C(=O)CCC=C3[C@H]12. The molecule has 0 radical (unpaired) electrons. The molecule has 2 heteroatoms. The molecule has 2 saturated carbocycles. The molecule has 4 atom stereocenters. The number of rotatable bonds is 1. The summed E-state index contributed by atoms with van der Waals surface area (Å²) in [7, 11) is 0. The Morgan fingerprint density at radius 1 is 1.20 bits per heavy atom. The predicted molar refractivity (Wildman–Crippen MR) is 80.3 cm³/mol. The molecule has 0 aromatic rings. The fraction of sp³-hybridized carbons (Fsp3) is 0.833. The second-order valence-corrected chi connectivity index (χ2v) is 8.19. The van der Waals surface area contributed by atoms with Crippen LogP contribution in [0.3, 0.4) is 0 Å². The molecule has 112 valence electrons. The first-order valence-corrected chi connectivity index (χ1v) is 8.20. The van der Waals surface area contributed by atoms with Gasteiger partial charge in [0, 0.05) is 17.8 Å². The third kappa shape index (κ3) is 1.63. The molecule has 0 amide bonds. The molecule has 2 fully saturated rings. The molecule has 3 aliphatic rings. The average molecular weight is 276 g/mol. The van der Waals surface area contributed by atoms with Crippen LogP contribution in [0.25, 0.3) is 0 Å². The van der Waals surface area contributed by atoms with E-state index in [0.29, 0.717) is 12.2 Å². The first kappa shape index (κ1) is 14.3. The number of fused-ring (bicyclic) bond motifs is 3. The summed E-state index contributed by atoms with van der Waals surface area (Å²) in [6.07, 6.45) is 7.86. The number of ketones is 1. The lowest BCUT2D eigenvalue weighted by molar-refractivity contribution is -0.131. The number of hydrogen-bond acceptors (Lipinski definition) is 2. The van der Waals surface area contributed by atoms with Crippen LogP contribution in [0.1, 0.15) is 66.2 Å². The maximum Gasteiger partial charge on any atom is 0.143 e. The highest BCUT2D eigenvalue weighted by Gasteiger charge is 2.62. The highest BCUT2D eigenvalue weighted by molar-refractivity contribution is 5.89. The topological polar surface area (TPSA) is 37.3 Å². The molecule has 0 bridgehead atoms. The van der Waals surface area contributed by atoms with Gasteiger partial charge in [0.05, 0.1) is 5.60 Å². The van der Waals surface area contributed by atoms with Gasteiger partial charge in [-0.25, -0.2) is 0 Å². The highest BCUT2D eigenvalue weighted by Crippen LogP contribution is 2.65. The first-order valence-electron chi connectivity index (χ1n) is 8.20. The zero-order valence-corrected chi connectivity index (χ0v) is 13.3. The third-order valence-corrected chi connectivity index (χ3v) is 6.79. The standard InChI is InChI=1S/C18H28O2/c1-12(2)18(20)11-9-16(3)8-10-17(4)13(15(16)18)6-5-7-14(17)19/h6,12,15,20H,5,7-11H2,1-4H3/t15-,16-,17+,18?/m0/s1. The van der Waals surface area contributed by atoms with Gasteiger partial charge in [-0.15, -0.1) is 0 Å². The van der Waals surface area contributed by atoms with E-state index in [2.05, 4.69) is 33.8 Å². The fourth-order valence-corrected chi connectivity index (χ4v) is 5.19. The summed E-state index contributed by atoms with van der Waals surface area (Å²) in [5, 5.41) is 11.3. The van der Waals surface area contributed by atoms with Gasteiger partial charge in [0.25, 0.3) is 0 Å². The summed E-state index contributed by atoms with van der Waals surface area (Å²) < 4.78 is 0. The Kier molecular flexibility index (Phi) is 3.00. The lowest BCUT2D eigenvalue weighted by Crippen LogP contribution is -2.52. The molecule has 0 aromatic carbocycles. The summed E-state index contributed by atoms with van der Waals surface area (Å²) in [4.78, 5) is 12.5. The average Bonchev–Trinajstić information content (AvgIpc) is 2.66. The van der Waals surface area contributed by atoms with Gasteiger partial charge in [0.1, 0.15) is 5.78 Å². The minimum absolute atomic E-state index is 0.179. The van der Waals surface area contributed by atoms with Gasteiger partial charge >= 0.3 is 0 Å². The van der Waals surface area contributed by atoms with E-state index in [9.17, 15) is 9.90 Å². The number of Topliss-reactive ketones (excluding diaryl/α,β-unsaturated/α-hetero) is 1. The van der Waals surface area contributed by atoms with Crippen molar-refractivity contribution in [1.29, 1.82) is 0 Å². The molecule has 0 aromatic heterocycles. The van der Waals surface area contributed by atoms with Crippen molar-refractivity contribution in [2.24, 2.45) is 22.7 Å². The van der Waals surface area contributed by atoms with Crippen molar-refractivity contribution in [2.75, 3.05) is 0 Å². The van der Waals surface area contributed by atoms with Crippen LogP contribution in [0.5, 0.6) is 0 Å². The molecule has 1 unspecified atom stereocenters. The van der Waals surface area contributed by atoms with Crippen molar-refractivity contribution in [3.8, 4) is 0 Å². The van der Waals surface area contributed by atoms with Crippen LogP contribution in [0.2, 0.25) is 0 Å². The zero-order chi connectivity index (χ0) is 14.8. The zero-order valence-electron chi connectivity index (χ0n) is 13.3. The van der Waals surface area contributed by atoms with Gasteiger partial charge in [-0.2, -0.15) is 0 Å². The molecule has 1 N–H and O–H groups in total. The third-order valence-electron chi connectivity index (χ3n) is 6.79. The van der Waals surface area contributed by atoms with E-state index in [0.717, 1.165) is 32.1 Å². The molecule has 0 spiro atoms. The van der Waals surface area contributed by atoms with Gasteiger partial charge in [-0.05, 0) is 50.4 Å². The van der Waals surface area contributed by atoms with Gasteiger partial charge < -0.3 is 5.11 Å². The summed E-state index contributed by atoms with van der Waals surface area (Å²) in [5.41, 5.74) is 0.536. The summed E-state index contributed by atoms with van der Waals surface area (Å²) >= 11 is 0. The van der Waals surface area contributed by atoms with Crippen LogP contribution in [-0.2, 0) is 4.79 Å². The van der Waals surface area contributed by atoms with Crippen LogP contribution in [0, 0.1) is 22.7 Å². The molecule has 0 aliphatic heterocycles. The fourth-order valence-electron chi connectivity index (χ4n) is 5.19. The second-order valence-electron chi connectivity index (χ2n) is 8.19. The van der Waals surface area contributed by atoms with Gasteiger partial charge in [0.15, 0.2) is 0 Å². The quantitative estimate of drug-likeness (QED) is 0.738. The lowest BCUT2D eigenvalue weighted by Gasteiger charge is -2.53. The molecule has 3 rings (SSSR count). The van der Waals surface area contributed by atoms with Crippen LogP contribution in [0.15, 0.2) is 11.6 Å². The van der Waals surface area contributed by atoms with Crippen LogP contribution in [-0.4, -0.2) is 16.5 Å². The Hall–Kier alpha value is -0.630. The van der Waals surface area contributed by atoms with E-state index in [1.54, 1.807) is 0 Å². The molecule has 2 nitrogen and oxygen atoms in total. The van der Waals surface area contributed by atoms with E-state index >= 15 is 0 Å². The molecular weight excluding hydrogens is 248 g/mol. The molecule has 0 heterocycles. The number of hydrogen-bond donors (Lipinski definition) is 1. The molecule has 20 heavy (non-hydrogen) atoms. The molecule has 3 aliphatic carbocycles. The Bertz CT molecular complexity index is 478. The van der Waals surface area contributed by atoms with Crippen molar-refractivity contribution in [2.45, 2.75) is 71.8 Å². The van der Waals surface area contributed by atoms with Crippen molar-refractivity contribution in [3.05, 3.63) is 11.6 Å². The minimum Gasteiger partial charge on any atom is -0.389 e. The Labute approximate surface area is 122 Å². The monoisotopic (exact) mass is 276 g/mol. The lowest BCUT2D eigenvalue weighted by atomic mass is 9.52. The van der Waals surface area contributed by atoms with E-state index in [1.165, 1.54) is 5.57 Å². The molecule has 0 saturated heterocycles. The first-order chi connectivity index (χ1) is 9.24. The van der Waals surface area contributed by atoms with E-state index < -0.39 is 5.60 Å². The van der Waals surface area contributed by atoms with Crippen molar-refractivity contribution < 1.29 is 9.90 Å². The van der Waals surface area contributed by atoms with Crippen molar-refractivity contribution >= 4 is 5.78 Å². The smallest absolute Gasteiger partial charge is 0.143 e. The van der Waals surface area contributed by atoms with Gasteiger partial charge in [-0.3, -0.25) is 4.79 Å². The molecular formula is C18H28O2. The second kappa shape index (κ2) is 4.19. The van der Waals surface area contributed by atoms with E-state index in [1.807, 2.05) is 0 Å².